The first-order valence-corrected chi connectivity index (χ1v) is 7.65. The molecule has 2 nitrogen and oxygen atoms in total. The molecular weight excluding hydrogens is 332 g/mol. The summed E-state index contributed by atoms with van der Waals surface area (Å²) < 4.78 is 1.04. The monoisotopic (exact) mass is 340 g/mol. The number of hydrogen-bond acceptors (Lipinski definition) is 3. The number of hydrogen-bond donors (Lipinski definition) is 0. The zero-order chi connectivity index (χ0) is 13.9. The van der Waals surface area contributed by atoms with E-state index in [1.165, 1.54) is 0 Å². The number of benzene rings is 2. The summed E-state index contributed by atoms with van der Waals surface area (Å²) in [6, 6.07) is 17.7. The van der Waals surface area contributed by atoms with Crippen LogP contribution in [0, 0.1) is 11.3 Å². The molecule has 20 heavy (non-hydrogen) atoms. The molecule has 0 unspecified atom stereocenters. The van der Waals surface area contributed by atoms with Crippen molar-refractivity contribution in [3.05, 3.63) is 63.9 Å². The molecule has 0 aliphatic rings. The summed E-state index contributed by atoms with van der Waals surface area (Å²) in [5.41, 5.74) is 3.62. The minimum Gasteiger partial charge on any atom is -0.236 e. The highest BCUT2D eigenvalue weighted by Gasteiger charge is 2.07. The fourth-order valence-electron chi connectivity index (χ4n) is 1.91. The fraction of sp³-hybridized carbons (Fsp3) is 0. The van der Waals surface area contributed by atoms with Gasteiger partial charge in [-0.15, -0.1) is 11.3 Å². The van der Waals surface area contributed by atoms with Crippen molar-refractivity contribution in [3.8, 4) is 27.9 Å². The van der Waals surface area contributed by atoms with Gasteiger partial charge in [0.05, 0.1) is 17.3 Å². The Labute approximate surface area is 129 Å². The van der Waals surface area contributed by atoms with E-state index in [2.05, 4.69) is 27.0 Å². The largest absolute Gasteiger partial charge is 0.236 e. The first-order chi connectivity index (χ1) is 9.76. The van der Waals surface area contributed by atoms with E-state index in [-0.39, 0.29) is 0 Å². The average molecular weight is 341 g/mol. The molecule has 1 aromatic heterocycles. The molecule has 0 amide bonds. The van der Waals surface area contributed by atoms with Gasteiger partial charge in [-0.25, -0.2) is 4.98 Å². The molecule has 2 aromatic carbocycles. The molecule has 0 fully saturated rings. The number of thiazole rings is 1. The van der Waals surface area contributed by atoms with E-state index in [0.29, 0.717) is 5.56 Å². The molecule has 0 radical (unpaired) electrons. The second-order valence-electron chi connectivity index (χ2n) is 4.24. The highest BCUT2D eigenvalue weighted by Crippen LogP contribution is 2.30. The number of aromatic nitrogens is 1. The van der Waals surface area contributed by atoms with Crippen LogP contribution in [0.25, 0.3) is 21.8 Å². The molecule has 0 spiro atoms. The predicted molar refractivity (Wildman–Crippen MR) is 85.4 cm³/mol. The molecule has 96 valence electrons. The standard InChI is InChI=1S/C16H9BrN2S/c17-14-6-2-5-13(8-14)16-19-15(10-20-16)12-4-1-3-11(7-12)9-18/h1-8,10H. The molecule has 0 N–H and O–H groups in total. The third-order valence-electron chi connectivity index (χ3n) is 2.86. The van der Waals surface area contributed by atoms with Gasteiger partial charge in [-0.1, -0.05) is 40.2 Å². The van der Waals surface area contributed by atoms with Gasteiger partial charge in [0.15, 0.2) is 0 Å². The van der Waals surface area contributed by atoms with Gasteiger partial charge in [-0.3, -0.25) is 0 Å². The molecule has 0 saturated heterocycles. The van der Waals surface area contributed by atoms with Crippen LogP contribution in [0.1, 0.15) is 5.56 Å². The van der Waals surface area contributed by atoms with E-state index in [1.807, 2.05) is 47.8 Å². The SMILES string of the molecule is N#Cc1cccc(-c2csc(-c3cccc(Br)c3)n2)c1. The van der Waals surface area contributed by atoms with Crippen molar-refractivity contribution in [2.24, 2.45) is 0 Å². The van der Waals surface area contributed by atoms with Crippen LogP contribution in [0.15, 0.2) is 58.4 Å². The van der Waals surface area contributed by atoms with Gasteiger partial charge >= 0.3 is 0 Å². The molecule has 0 aliphatic carbocycles. The highest BCUT2D eigenvalue weighted by atomic mass is 79.9. The lowest BCUT2D eigenvalue weighted by Gasteiger charge is -1.98. The van der Waals surface area contributed by atoms with Crippen LogP contribution in [0.2, 0.25) is 0 Å². The quantitative estimate of drug-likeness (QED) is 0.649. The number of nitriles is 1. The van der Waals surface area contributed by atoms with Crippen LogP contribution in [-0.2, 0) is 0 Å². The highest BCUT2D eigenvalue weighted by molar-refractivity contribution is 9.10. The van der Waals surface area contributed by atoms with Crippen LogP contribution in [-0.4, -0.2) is 4.98 Å². The maximum Gasteiger partial charge on any atom is 0.124 e. The summed E-state index contributed by atoms with van der Waals surface area (Å²) in [6.45, 7) is 0. The third kappa shape index (κ3) is 2.64. The van der Waals surface area contributed by atoms with Crippen molar-refractivity contribution >= 4 is 27.3 Å². The fourth-order valence-corrected chi connectivity index (χ4v) is 3.13. The van der Waals surface area contributed by atoms with E-state index in [0.717, 1.165) is 26.3 Å². The smallest absolute Gasteiger partial charge is 0.124 e. The molecule has 0 saturated carbocycles. The van der Waals surface area contributed by atoms with Gasteiger partial charge in [0.25, 0.3) is 0 Å². The van der Waals surface area contributed by atoms with Crippen molar-refractivity contribution in [2.45, 2.75) is 0 Å². The molecule has 1 heterocycles. The van der Waals surface area contributed by atoms with Crippen molar-refractivity contribution in [3.63, 3.8) is 0 Å². The summed E-state index contributed by atoms with van der Waals surface area (Å²) in [6.07, 6.45) is 0. The second kappa shape index (κ2) is 5.58. The second-order valence-corrected chi connectivity index (χ2v) is 6.01. The van der Waals surface area contributed by atoms with Gasteiger partial charge in [-0.2, -0.15) is 5.26 Å². The lowest BCUT2D eigenvalue weighted by atomic mass is 10.1. The minimum absolute atomic E-state index is 0.652. The zero-order valence-corrected chi connectivity index (χ0v) is 12.8. The summed E-state index contributed by atoms with van der Waals surface area (Å²) in [4.78, 5) is 4.66. The molecule has 3 aromatic rings. The number of nitrogens with zero attached hydrogens (tertiary/aromatic N) is 2. The molecule has 0 aliphatic heterocycles. The van der Waals surface area contributed by atoms with Crippen LogP contribution in [0.5, 0.6) is 0 Å². The molecular formula is C16H9BrN2S. The van der Waals surface area contributed by atoms with Crippen LogP contribution < -0.4 is 0 Å². The Kier molecular flexibility index (Phi) is 3.64. The number of halogens is 1. The normalized spacial score (nSPS) is 10.2. The van der Waals surface area contributed by atoms with Gasteiger partial charge in [-0.05, 0) is 24.3 Å². The first kappa shape index (κ1) is 13.0. The van der Waals surface area contributed by atoms with Gasteiger partial charge in [0, 0.05) is 21.0 Å². The Balaban J connectivity index is 2.00. The van der Waals surface area contributed by atoms with Gasteiger partial charge < -0.3 is 0 Å². The van der Waals surface area contributed by atoms with E-state index < -0.39 is 0 Å². The lowest BCUT2D eigenvalue weighted by molar-refractivity contribution is 1.39. The summed E-state index contributed by atoms with van der Waals surface area (Å²) in [7, 11) is 0. The van der Waals surface area contributed by atoms with Crippen LogP contribution in [0.3, 0.4) is 0 Å². The van der Waals surface area contributed by atoms with Crippen molar-refractivity contribution in [1.29, 1.82) is 5.26 Å². The van der Waals surface area contributed by atoms with Crippen LogP contribution in [0.4, 0.5) is 0 Å². The predicted octanol–water partition coefficient (Wildman–Crippen LogP) is 5.11. The Hall–Kier alpha value is -1.96. The maximum atomic E-state index is 8.95. The van der Waals surface area contributed by atoms with Gasteiger partial charge in [0.2, 0.25) is 0 Å². The van der Waals surface area contributed by atoms with Crippen molar-refractivity contribution in [1.82, 2.24) is 4.98 Å². The Bertz CT molecular complexity index is 802. The van der Waals surface area contributed by atoms with E-state index in [1.54, 1.807) is 17.4 Å². The van der Waals surface area contributed by atoms with Crippen LogP contribution >= 0.6 is 27.3 Å². The zero-order valence-electron chi connectivity index (χ0n) is 10.4. The molecule has 4 heteroatoms. The summed E-state index contributed by atoms with van der Waals surface area (Å²) in [5, 5.41) is 11.9. The number of rotatable bonds is 2. The Morgan fingerprint density at radius 3 is 2.65 bits per heavy atom. The Morgan fingerprint density at radius 2 is 1.85 bits per heavy atom. The first-order valence-electron chi connectivity index (χ1n) is 5.98. The third-order valence-corrected chi connectivity index (χ3v) is 4.25. The average Bonchev–Trinajstić information content (AvgIpc) is 2.97. The van der Waals surface area contributed by atoms with E-state index in [9.17, 15) is 0 Å². The molecule has 0 atom stereocenters. The Morgan fingerprint density at radius 1 is 1.05 bits per heavy atom. The lowest BCUT2D eigenvalue weighted by Crippen LogP contribution is -1.81. The van der Waals surface area contributed by atoms with Crippen molar-refractivity contribution in [2.75, 3.05) is 0 Å². The molecule has 3 rings (SSSR count). The summed E-state index contributed by atoms with van der Waals surface area (Å²) >= 11 is 5.08. The van der Waals surface area contributed by atoms with E-state index >= 15 is 0 Å². The topological polar surface area (TPSA) is 36.7 Å². The molecule has 0 bridgehead atoms. The van der Waals surface area contributed by atoms with Gasteiger partial charge in [0.1, 0.15) is 5.01 Å². The van der Waals surface area contributed by atoms with Crippen molar-refractivity contribution < 1.29 is 0 Å². The minimum atomic E-state index is 0.652. The maximum absolute atomic E-state index is 8.95. The van der Waals surface area contributed by atoms with E-state index in [4.69, 9.17) is 5.26 Å². The summed E-state index contributed by atoms with van der Waals surface area (Å²) in [5.74, 6) is 0.